The molecule has 1 unspecified atom stereocenters. The molecule has 2 aliphatic rings. The predicted octanol–water partition coefficient (Wildman–Crippen LogP) is 1.54. The number of fused-ring (bicyclic) bond motifs is 1. The monoisotopic (exact) mass is 272 g/mol. The van der Waals surface area contributed by atoms with Gasteiger partial charge in [0, 0.05) is 30.1 Å². The van der Waals surface area contributed by atoms with E-state index >= 15 is 0 Å². The van der Waals surface area contributed by atoms with Crippen molar-refractivity contribution in [3.05, 3.63) is 34.9 Å². The molecule has 0 spiro atoms. The van der Waals surface area contributed by atoms with Crippen molar-refractivity contribution in [2.75, 3.05) is 19.6 Å². The van der Waals surface area contributed by atoms with Gasteiger partial charge in [-0.1, -0.05) is 12.1 Å². The summed E-state index contributed by atoms with van der Waals surface area (Å²) in [6.45, 7) is 2.46. The van der Waals surface area contributed by atoms with Gasteiger partial charge in [0.1, 0.15) is 0 Å². The lowest BCUT2D eigenvalue weighted by atomic mass is 9.89. The molecule has 4 heteroatoms. The van der Waals surface area contributed by atoms with E-state index in [1.807, 2.05) is 12.1 Å². The Labute approximate surface area is 118 Å². The summed E-state index contributed by atoms with van der Waals surface area (Å²) in [6.07, 6.45) is 3.84. The first-order valence-electron chi connectivity index (χ1n) is 7.42. The van der Waals surface area contributed by atoms with Crippen LogP contribution in [0.5, 0.6) is 0 Å². The number of carbonyl (C=O) groups excluding carboxylic acids is 2. The van der Waals surface area contributed by atoms with Crippen LogP contribution in [-0.4, -0.2) is 31.3 Å². The molecule has 4 nitrogen and oxygen atoms in total. The molecule has 0 radical (unpaired) electrons. The molecule has 1 amide bonds. The Morgan fingerprint density at radius 2 is 2.10 bits per heavy atom. The number of ketones is 1. The average molecular weight is 272 g/mol. The van der Waals surface area contributed by atoms with Crippen LogP contribution in [0.4, 0.5) is 0 Å². The smallest absolute Gasteiger partial charge is 0.251 e. The van der Waals surface area contributed by atoms with Crippen molar-refractivity contribution < 1.29 is 9.59 Å². The topological polar surface area (TPSA) is 58.2 Å². The molecule has 1 atom stereocenters. The van der Waals surface area contributed by atoms with Crippen molar-refractivity contribution >= 4 is 11.7 Å². The number of benzene rings is 1. The van der Waals surface area contributed by atoms with Crippen molar-refractivity contribution in [3.63, 3.8) is 0 Å². The van der Waals surface area contributed by atoms with Gasteiger partial charge in [-0.05, 0) is 43.9 Å². The zero-order chi connectivity index (χ0) is 13.9. The normalized spacial score (nSPS) is 22.6. The maximum atomic E-state index is 12.5. The summed E-state index contributed by atoms with van der Waals surface area (Å²) >= 11 is 0. The molecule has 1 saturated heterocycles. The number of nitrogens with one attached hydrogen (secondary N) is 2. The van der Waals surface area contributed by atoms with E-state index in [0.29, 0.717) is 17.7 Å². The van der Waals surface area contributed by atoms with E-state index in [-0.39, 0.29) is 17.6 Å². The molecular formula is C16H20N2O2. The fraction of sp³-hybridized carbons (Fsp3) is 0.500. The first-order valence-corrected chi connectivity index (χ1v) is 7.42. The van der Waals surface area contributed by atoms with E-state index in [0.717, 1.165) is 44.3 Å². The van der Waals surface area contributed by atoms with Gasteiger partial charge in [0.05, 0.1) is 0 Å². The number of carbonyl (C=O) groups is 2. The van der Waals surface area contributed by atoms with Gasteiger partial charge in [-0.25, -0.2) is 0 Å². The van der Waals surface area contributed by atoms with E-state index in [2.05, 4.69) is 10.6 Å². The molecule has 3 rings (SSSR count). The molecular weight excluding hydrogens is 252 g/mol. The maximum absolute atomic E-state index is 12.5. The Morgan fingerprint density at radius 3 is 2.90 bits per heavy atom. The van der Waals surface area contributed by atoms with Crippen molar-refractivity contribution in [1.82, 2.24) is 10.6 Å². The molecule has 106 valence electrons. The second-order valence-corrected chi connectivity index (χ2v) is 5.64. The standard InChI is InChI=1S/C16H20N2O2/c19-15(13-4-1-7-17-10-13)12-6-5-11-3-2-8-18-16(20)14(11)9-12/h5-6,9,13,17H,1-4,7-8,10H2,(H,18,20). The lowest BCUT2D eigenvalue weighted by Gasteiger charge is -2.21. The number of aryl methyl sites for hydroxylation is 1. The van der Waals surface area contributed by atoms with Gasteiger partial charge in [-0.2, -0.15) is 0 Å². The van der Waals surface area contributed by atoms with Gasteiger partial charge in [0.25, 0.3) is 5.91 Å². The third kappa shape index (κ3) is 2.61. The van der Waals surface area contributed by atoms with E-state index in [4.69, 9.17) is 0 Å². The summed E-state index contributed by atoms with van der Waals surface area (Å²) in [4.78, 5) is 24.5. The zero-order valence-corrected chi connectivity index (χ0v) is 11.6. The van der Waals surface area contributed by atoms with Gasteiger partial charge in [-0.15, -0.1) is 0 Å². The number of piperidine rings is 1. The SMILES string of the molecule is O=C1NCCCc2ccc(C(=O)C3CCCNC3)cc21. The van der Waals surface area contributed by atoms with Crippen LogP contribution >= 0.6 is 0 Å². The summed E-state index contributed by atoms with van der Waals surface area (Å²) < 4.78 is 0. The summed E-state index contributed by atoms with van der Waals surface area (Å²) in [6, 6.07) is 5.62. The van der Waals surface area contributed by atoms with Crippen LogP contribution in [0.25, 0.3) is 0 Å². The third-order valence-corrected chi connectivity index (χ3v) is 4.22. The van der Waals surface area contributed by atoms with E-state index in [9.17, 15) is 9.59 Å². The van der Waals surface area contributed by atoms with Crippen molar-refractivity contribution in [3.8, 4) is 0 Å². The van der Waals surface area contributed by atoms with Crippen LogP contribution in [-0.2, 0) is 6.42 Å². The summed E-state index contributed by atoms with van der Waals surface area (Å²) in [7, 11) is 0. The minimum atomic E-state index is -0.0473. The van der Waals surface area contributed by atoms with Crippen LogP contribution in [0.3, 0.4) is 0 Å². The lowest BCUT2D eigenvalue weighted by Crippen LogP contribution is -2.34. The van der Waals surface area contributed by atoms with Gasteiger partial charge < -0.3 is 10.6 Å². The lowest BCUT2D eigenvalue weighted by molar-refractivity contribution is 0.0899. The average Bonchev–Trinajstić information content (AvgIpc) is 2.69. The molecule has 1 aromatic carbocycles. The quantitative estimate of drug-likeness (QED) is 0.803. The molecule has 0 saturated carbocycles. The van der Waals surface area contributed by atoms with Crippen molar-refractivity contribution in [2.24, 2.45) is 5.92 Å². The molecule has 0 bridgehead atoms. The third-order valence-electron chi connectivity index (χ3n) is 4.22. The largest absolute Gasteiger partial charge is 0.352 e. The highest BCUT2D eigenvalue weighted by molar-refractivity contribution is 6.02. The zero-order valence-electron chi connectivity index (χ0n) is 11.6. The Balaban J connectivity index is 1.87. The molecule has 2 heterocycles. The van der Waals surface area contributed by atoms with Gasteiger partial charge >= 0.3 is 0 Å². The van der Waals surface area contributed by atoms with Crippen LogP contribution in [0.1, 0.15) is 45.5 Å². The second-order valence-electron chi connectivity index (χ2n) is 5.64. The van der Waals surface area contributed by atoms with Crippen LogP contribution in [0.15, 0.2) is 18.2 Å². The van der Waals surface area contributed by atoms with Crippen molar-refractivity contribution in [1.29, 1.82) is 0 Å². The molecule has 2 N–H and O–H groups in total. The van der Waals surface area contributed by atoms with Gasteiger partial charge in [0.2, 0.25) is 0 Å². The number of amides is 1. The number of hydrogen-bond donors (Lipinski definition) is 2. The molecule has 0 aliphatic carbocycles. The fourth-order valence-electron chi connectivity index (χ4n) is 3.05. The summed E-state index contributed by atoms with van der Waals surface area (Å²) in [5.74, 6) is 0.168. The van der Waals surface area contributed by atoms with E-state index < -0.39 is 0 Å². The van der Waals surface area contributed by atoms with Gasteiger partial charge in [0.15, 0.2) is 5.78 Å². The summed E-state index contributed by atoms with van der Waals surface area (Å²) in [5, 5.41) is 6.15. The Hall–Kier alpha value is -1.68. The van der Waals surface area contributed by atoms with Crippen LogP contribution in [0.2, 0.25) is 0 Å². The van der Waals surface area contributed by atoms with E-state index in [1.165, 1.54) is 0 Å². The predicted molar refractivity (Wildman–Crippen MR) is 77.0 cm³/mol. The Kier molecular flexibility index (Phi) is 3.83. The highest BCUT2D eigenvalue weighted by atomic mass is 16.1. The Morgan fingerprint density at radius 1 is 1.20 bits per heavy atom. The number of hydrogen-bond acceptors (Lipinski definition) is 3. The highest BCUT2D eigenvalue weighted by Crippen LogP contribution is 2.21. The highest BCUT2D eigenvalue weighted by Gasteiger charge is 2.24. The molecule has 1 aromatic rings. The molecule has 0 aromatic heterocycles. The van der Waals surface area contributed by atoms with Crippen LogP contribution < -0.4 is 10.6 Å². The Bertz CT molecular complexity index is 533. The van der Waals surface area contributed by atoms with Crippen molar-refractivity contribution in [2.45, 2.75) is 25.7 Å². The second kappa shape index (κ2) is 5.75. The number of rotatable bonds is 2. The minimum absolute atomic E-state index is 0.0473. The van der Waals surface area contributed by atoms with Gasteiger partial charge in [-0.3, -0.25) is 9.59 Å². The molecule has 2 aliphatic heterocycles. The first kappa shape index (κ1) is 13.3. The molecule has 1 fully saturated rings. The summed E-state index contributed by atoms with van der Waals surface area (Å²) in [5.41, 5.74) is 2.41. The molecule has 20 heavy (non-hydrogen) atoms. The first-order chi connectivity index (χ1) is 9.75. The van der Waals surface area contributed by atoms with E-state index in [1.54, 1.807) is 6.07 Å². The number of Topliss-reactive ketones (excluding diaryl/α,β-unsaturated/α-hetero) is 1. The fourth-order valence-corrected chi connectivity index (χ4v) is 3.05. The maximum Gasteiger partial charge on any atom is 0.251 e. The minimum Gasteiger partial charge on any atom is -0.352 e. The van der Waals surface area contributed by atoms with Crippen LogP contribution in [0, 0.1) is 5.92 Å².